The lowest BCUT2D eigenvalue weighted by Gasteiger charge is -2.11. The van der Waals surface area contributed by atoms with Crippen LogP contribution in [0.2, 0.25) is 5.02 Å². The van der Waals surface area contributed by atoms with Crippen molar-refractivity contribution >= 4 is 34.8 Å². The number of rotatable bonds is 4. The van der Waals surface area contributed by atoms with E-state index in [2.05, 4.69) is 35.8 Å². The third kappa shape index (κ3) is 3.47. The molecular weight excluding hydrogens is 312 g/mol. The molecule has 0 bridgehead atoms. The Morgan fingerprint density at radius 2 is 2.05 bits per heavy atom. The first kappa shape index (κ1) is 15.4. The largest absolute Gasteiger partial charge is 0.382 e. The van der Waals surface area contributed by atoms with Crippen LogP contribution in [0.25, 0.3) is 0 Å². The fraction of sp³-hybridized carbons (Fsp3) is 0.278. The molecule has 0 unspecified atom stereocenters. The molecule has 0 aliphatic carbocycles. The lowest BCUT2D eigenvalue weighted by molar-refractivity contribution is 0.692. The Morgan fingerprint density at radius 1 is 1.23 bits per heavy atom. The summed E-state index contributed by atoms with van der Waals surface area (Å²) in [6, 6.07) is 16.6. The highest BCUT2D eigenvalue weighted by Gasteiger charge is 2.19. The van der Waals surface area contributed by atoms with Crippen molar-refractivity contribution in [1.29, 1.82) is 0 Å². The van der Waals surface area contributed by atoms with E-state index in [0.29, 0.717) is 0 Å². The van der Waals surface area contributed by atoms with E-state index in [1.165, 1.54) is 0 Å². The Hall–Kier alpha value is -1.45. The first-order valence-corrected chi connectivity index (χ1v) is 9.21. The van der Waals surface area contributed by atoms with E-state index in [4.69, 9.17) is 16.6 Å². The molecule has 1 heterocycles. The average molecular weight is 331 g/mol. The van der Waals surface area contributed by atoms with Gasteiger partial charge in [0.1, 0.15) is 0 Å². The van der Waals surface area contributed by atoms with Crippen molar-refractivity contribution in [2.24, 2.45) is 4.99 Å². The van der Waals surface area contributed by atoms with Crippen LogP contribution in [0.1, 0.15) is 17.5 Å². The molecule has 0 fully saturated rings. The molecule has 0 radical (unpaired) electrons. The van der Waals surface area contributed by atoms with Crippen molar-refractivity contribution in [3.63, 3.8) is 0 Å². The topological polar surface area (TPSA) is 24.4 Å². The minimum atomic E-state index is 0.286. The number of benzene rings is 2. The van der Waals surface area contributed by atoms with Crippen LogP contribution in [-0.2, 0) is 0 Å². The normalized spacial score (nSPS) is 17.2. The molecule has 2 aromatic rings. The maximum Gasteiger partial charge on any atom is 0.0744 e. The molecule has 3 rings (SSSR count). The van der Waals surface area contributed by atoms with Crippen LogP contribution in [0.15, 0.2) is 53.5 Å². The van der Waals surface area contributed by atoms with Gasteiger partial charge in [0.2, 0.25) is 0 Å². The number of thioether (sulfide) groups is 1. The van der Waals surface area contributed by atoms with E-state index in [1.54, 1.807) is 0 Å². The molecule has 0 amide bonds. The zero-order chi connectivity index (χ0) is 15.4. The highest BCUT2D eigenvalue weighted by atomic mass is 35.5. The molecular formula is C18H19ClN2S. The number of hydrogen-bond donors (Lipinski definition) is 1. The Balaban J connectivity index is 2.06. The van der Waals surface area contributed by atoms with Crippen molar-refractivity contribution in [3.05, 3.63) is 64.7 Å². The molecule has 1 aliphatic heterocycles. The van der Waals surface area contributed by atoms with Crippen LogP contribution in [0.5, 0.6) is 0 Å². The van der Waals surface area contributed by atoms with Gasteiger partial charge in [-0.25, -0.2) is 0 Å². The van der Waals surface area contributed by atoms with Gasteiger partial charge in [0.15, 0.2) is 0 Å². The summed E-state index contributed by atoms with van der Waals surface area (Å²) in [5.74, 6) is 1.12. The molecule has 1 aliphatic rings. The van der Waals surface area contributed by atoms with Crippen LogP contribution in [-0.4, -0.2) is 30.3 Å². The van der Waals surface area contributed by atoms with Crippen LogP contribution in [0.4, 0.5) is 5.69 Å². The van der Waals surface area contributed by atoms with Gasteiger partial charge < -0.3 is 5.32 Å². The van der Waals surface area contributed by atoms with Crippen molar-refractivity contribution in [2.75, 3.05) is 23.9 Å². The molecule has 0 saturated heterocycles. The van der Waals surface area contributed by atoms with Gasteiger partial charge in [-0.2, -0.15) is 11.8 Å². The summed E-state index contributed by atoms with van der Waals surface area (Å²) in [4.78, 5) is 5.05. The number of nitrogens with zero attached hydrogens (tertiary/aromatic N) is 1. The number of aliphatic imine (C=N–C) groups is 1. The van der Waals surface area contributed by atoms with Crippen LogP contribution in [0, 0.1) is 0 Å². The average Bonchev–Trinajstić information content (AvgIpc) is 2.73. The van der Waals surface area contributed by atoms with E-state index < -0.39 is 0 Å². The van der Waals surface area contributed by atoms with E-state index in [-0.39, 0.29) is 6.04 Å². The number of fused-ring (bicyclic) bond motifs is 1. The first-order valence-electron chi connectivity index (χ1n) is 7.44. The summed E-state index contributed by atoms with van der Waals surface area (Å²) >= 11 is 8.08. The van der Waals surface area contributed by atoms with Gasteiger partial charge in [-0.3, -0.25) is 4.99 Å². The third-order valence-electron chi connectivity index (χ3n) is 3.78. The Morgan fingerprint density at radius 3 is 2.82 bits per heavy atom. The Labute approximate surface area is 141 Å². The number of hydrogen-bond acceptors (Lipinski definition) is 3. The summed E-state index contributed by atoms with van der Waals surface area (Å²) in [6.45, 7) is 0.867. The predicted molar refractivity (Wildman–Crippen MR) is 98.8 cm³/mol. The maximum atomic E-state index is 6.22. The van der Waals surface area contributed by atoms with Crippen molar-refractivity contribution in [3.8, 4) is 0 Å². The lowest BCUT2D eigenvalue weighted by Crippen LogP contribution is -2.18. The van der Waals surface area contributed by atoms with E-state index >= 15 is 0 Å². The zero-order valence-corrected chi connectivity index (χ0v) is 14.1. The first-order chi connectivity index (χ1) is 10.8. The van der Waals surface area contributed by atoms with Gasteiger partial charge in [0.25, 0.3) is 0 Å². The molecule has 0 spiro atoms. The second-order valence-corrected chi connectivity index (χ2v) is 6.77. The van der Waals surface area contributed by atoms with Gasteiger partial charge in [-0.15, -0.1) is 0 Å². The Kier molecular flexibility index (Phi) is 5.06. The minimum Gasteiger partial charge on any atom is -0.382 e. The second kappa shape index (κ2) is 7.21. The summed E-state index contributed by atoms with van der Waals surface area (Å²) < 4.78 is 0. The van der Waals surface area contributed by atoms with E-state index in [0.717, 1.165) is 46.3 Å². The van der Waals surface area contributed by atoms with Gasteiger partial charge in [-0.1, -0.05) is 41.9 Å². The quantitative estimate of drug-likeness (QED) is 0.876. The van der Waals surface area contributed by atoms with Gasteiger partial charge in [0.05, 0.1) is 11.8 Å². The molecule has 2 aromatic carbocycles. The summed E-state index contributed by atoms with van der Waals surface area (Å²) in [5.41, 5.74) is 4.38. The SMILES string of the molecule is CSCC[C@H]1CNc2ccc(Cl)cc2C(c2ccccc2)=N1. The molecule has 114 valence electrons. The molecule has 4 heteroatoms. The van der Waals surface area contributed by atoms with Gasteiger partial charge in [-0.05, 0) is 36.6 Å². The summed E-state index contributed by atoms with van der Waals surface area (Å²) in [6.07, 6.45) is 3.21. The third-order valence-corrected chi connectivity index (χ3v) is 4.66. The highest BCUT2D eigenvalue weighted by Crippen LogP contribution is 2.27. The fourth-order valence-electron chi connectivity index (χ4n) is 2.64. The number of nitrogens with one attached hydrogen (secondary N) is 1. The molecule has 2 nitrogen and oxygen atoms in total. The molecule has 22 heavy (non-hydrogen) atoms. The minimum absolute atomic E-state index is 0.286. The van der Waals surface area contributed by atoms with E-state index in [9.17, 15) is 0 Å². The standard InChI is InChI=1S/C18H19ClN2S/c1-22-10-9-15-12-20-17-8-7-14(19)11-16(17)18(21-15)13-5-3-2-4-6-13/h2-8,11,15,20H,9-10,12H2,1H3/t15-/m0/s1. The maximum absolute atomic E-state index is 6.22. The van der Waals surface area contributed by atoms with Gasteiger partial charge >= 0.3 is 0 Å². The lowest BCUT2D eigenvalue weighted by atomic mass is 10.0. The fourth-order valence-corrected chi connectivity index (χ4v) is 3.32. The summed E-state index contributed by atoms with van der Waals surface area (Å²) in [5, 5.41) is 4.27. The predicted octanol–water partition coefficient (Wildman–Crippen LogP) is 4.72. The zero-order valence-electron chi connectivity index (χ0n) is 12.6. The molecule has 0 saturated carbocycles. The van der Waals surface area contributed by atoms with E-state index in [1.807, 2.05) is 36.0 Å². The van der Waals surface area contributed by atoms with Crippen molar-refractivity contribution in [1.82, 2.24) is 0 Å². The van der Waals surface area contributed by atoms with Crippen molar-refractivity contribution < 1.29 is 0 Å². The monoisotopic (exact) mass is 330 g/mol. The number of halogens is 1. The molecule has 1 N–H and O–H groups in total. The second-order valence-electron chi connectivity index (χ2n) is 5.35. The smallest absolute Gasteiger partial charge is 0.0744 e. The van der Waals surface area contributed by atoms with Crippen molar-refractivity contribution in [2.45, 2.75) is 12.5 Å². The molecule has 1 atom stereocenters. The Bertz CT molecular complexity index is 670. The molecule has 0 aromatic heterocycles. The van der Waals surface area contributed by atoms with Gasteiger partial charge in [0, 0.05) is 28.4 Å². The highest BCUT2D eigenvalue weighted by molar-refractivity contribution is 7.98. The van der Waals surface area contributed by atoms with Crippen LogP contribution < -0.4 is 5.32 Å². The number of anilines is 1. The van der Waals surface area contributed by atoms with Crippen LogP contribution >= 0.6 is 23.4 Å². The summed E-state index contributed by atoms with van der Waals surface area (Å²) in [7, 11) is 0. The number of benzodiazepines with no additional fused rings is 1. The van der Waals surface area contributed by atoms with Crippen LogP contribution in [0.3, 0.4) is 0 Å².